The first kappa shape index (κ1) is 16.4. The van der Waals surface area contributed by atoms with Gasteiger partial charge in [-0.2, -0.15) is 0 Å². The van der Waals surface area contributed by atoms with Crippen LogP contribution in [0, 0.1) is 5.92 Å². The Morgan fingerprint density at radius 1 is 1.06 bits per heavy atom. The average Bonchev–Trinajstić information content (AvgIpc) is 2.31. The molecule has 0 saturated heterocycles. The Kier molecular flexibility index (Phi) is 6.97. The van der Waals surface area contributed by atoms with Crippen molar-refractivity contribution in [3.05, 3.63) is 24.3 Å². The van der Waals surface area contributed by atoms with Gasteiger partial charge in [0.25, 0.3) is 0 Å². The van der Waals surface area contributed by atoms with E-state index in [-0.39, 0.29) is 24.7 Å². The quantitative estimate of drug-likeness (QED) is 0.547. The lowest BCUT2D eigenvalue weighted by Crippen LogP contribution is -2.29. The number of ether oxygens (including phenoxy) is 2. The maximum absolute atomic E-state index is 11.1. The Morgan fingerprint density at radius 2 is 1.44 bits per heavy atom. The molecule has 0 saturated carbocycles. The van der Waals surface area contributed by atoms with Gasteiger partial charge >= 0.3 is 11.9 Å². The Balaban J connectivity index is 4.00. The standard InChI is InChI=1S/C13H20O5/c1-8(2)12(15)17-6-10(5)11(14)7-18-13(16)9(3)4/h10-11,14H,1,3,6-7H2,2,4-5H3. The van der Waals surface area contributed by atoms with Gasteiger partial charge in [0.2, 0.25) is 0 Å². The van der Waals surface area contributed by atoms with E-state index in [9.17, 15) is 14.7 Å². The van der Waals surface area contributed by atoms with E-state index in [1.807, 2.05) is 0 Å². The van der Waals surface area contributed by atoms with Gasteiger partial charge in [-0.1, -0.05) is 20.1 Å². The highest BCUT2D eigenvalue weighted by molar-refractivity contribution is 5.87. The molecule has 0 heterocycles. The molecule has 0 aromatic carbocycles. The number of carbonyl (C=O) groups is 2. The smallest absolute Gasteiger partial charge is 0.333 e. The minimum absolute atomic E-state index is 0.0392. The monoisotopic (exact) mass is 256 g/mol. The molecule has 0 radical (unpaired) electrons. The first-order valence-electron chi connectivity index (χ1n) is 5.59. The van der Waals surface area contributed by atoms with Crippen LogP contribution in [-0.2, 0) is 19.1 Å². The minimum atomic E-state index is -0.897. The summed E-state index contributed by atoms with van der Waals surface area (Å²) in [6, 6.07) is 0. The number of hydrogen-bond acceptors (Lipinski definition) is 5. The molecule has 0 aromatic heterocycles. The summed E-state index contributed by atoms with van der Waals surface area (Å²) < 4.78 is 9.68. The van der Waals surface area contributed by atoms with Gasteiger partial charge in [-0.15, -0.1) is 0 Å². The van der Waals surface area contributed by atoms with E-state index in [4.69, 9.17) is 9.47 Å². The van der Waals surface area contributed by atoms with Crippen LogP contribution in [0.1, 0.15) is 20.8 Å². The zero-order valence-electron chi connectivity index (χ0n) is 11.1. The highest BCUT2D eigenvalue weighted by atomic mass is 16.5. The number of aliphatic hydroxyl groups is 1. The summed E-state index contributed by atoms with van der Waals surface area (Å²) in [4.78, 5) is 22.2. The second-order valence-corrected chi connectivity index (χ2v) is 4.30. The number of esters is 2. The van der Waals surface area contributed by atoms with Gasteiger partial charge in [-0.3, -0.25) is 0 Å². The Hall–Kier alpha value is -1.62. The summed E-state index contributed by atoms with van der Waals surface area (Å²) in [5, 5.41) is 9.68. The first-order valence-corrected chi connectivity index (χ1v) is 5.59. The molecule has 102 valence electrons. The highest BCUT2D eigenvalue weighted by Crippen LogP contribution is 2.07. The summed E-state index contributed by atoms with van der Waals surface area (Å²) in [6.07, 6.45) is -0.897. The molecule has 1 N–H and O–H groups in total. The summed E-state index contributed by atoms with van der Waals surface area (Å²) in [7, 11) is 0. The fourth-order valence-electron chi connectivity index (χ4n) is 0.890. The molecule has 0 aliphatic rings. The van der Waals surface area contributed by atoms with Gasteiger partial charge in [0.1, 0.15) is 6.61 Å². The van der Waals surface area contributed by atoms with E-state index in [0.717, 1.165) is 0 Å². The molecule has 0 bridgehead atoms. The van der Waals surface area contributed by atoms with Crippen molar-refractivity contribution >= 4 is 11.9 Å². The van der Waals surface area contributed by atoms with Gasteiger partial charge < -0.3 is 14.6 Å². The van der Waals surface area contributed by atoms with Gasteiger partial charge in [0, 0.05) is 17.1 Å². The van der Waals surface area contributed by atoms with E-state index in [1.165, 1.54) is 13.8 Å². The van der Waals surface area contributed by atoms with Crippen molar-refractivity contribution in [2.45, 2.75) is 26.9 Å². The van der Waals surface area contributed by atoms with E-state index in [2.05, 4.69) is 13.2 Å². The third-order valence-corrected chi connectivity index (χ3v) is 2.22. The summed E-state index contributed by atoms with van der Waals surface area (Å²) in [6.45, 7) is 11.5. The van der Waals surface area contributed by atoms with Crippen molar-refractivity contribution in [2.24, 2.45) is 5.92 Å². The van der Waals surface area contributed by atoms with Gasteiger partial charge in [-0.05, 0) is 13.8 Å². The van der Waals surface area contributed by atoms with Crippen LogP contribution in [0.4, 0.5) is 0 Å². The SMILES string of the molecule is C=C(C)C(=O)OCC(C)C(O)COC(=O)C(=C)C. The summed E-state index contributed by atoms with van der Waals surface area (Å²) in [5.74, 6) is -1.40. The molecular weight excluding hydrogens is 236 g/mol. The van der Waals surface area contributed by atoms with Crippen LogP contribution in [0.5, 0.6) is 0 Å². The second kappa shape index (κ2) is 7.66. The van der Waals surface area contributed by atoms with Crippen molar-refractivity contribution in [3.63, 3.8) is 0 Å². The van der Waals surface area contributed by atoms with Crippen LogP contribution in [0.25, 0.3) is 0 Å². The summed E-state index contributed by atoms with van der Waals surface area (Å²) in [5.41, 5.74) is 0.564. The fourth-order valence-corrected chi connectivity index (χ4v) is 0.890. The topological polar surface area (TPSA) is 72.8 Å². The minimum Gasteiger partial charge on any atom is -0.462 e. The molecule has 0 aromatic rings. The molecule has 5 heteroatoms. The zero-order chi connectivity index (χ0) is 14.3. The Morgan fingerprint density at radius 3 is 1.83 bits per heavy atom. The number of rotatable bonds is 7. The largest absolute Gasteiger partial charge is 0.462 e. The molecule has 0 aliphatic heterocycles. The lowest BCUT2D eigenvalue weighted by Gasteiger charge is -2.18. The number of hydrogen-bond donors (Lipinski definition) is 1. The molecule has 5 nitrogen and oxygen atoms in total. The van der Waals surface area contributed by atoms with E-state index in [1.54, 1.807) is 6.92 Å². The predicted molar refractivity (Wildman–Crippen MR) is 66.7 cm³/mol. The van der Waals surface area contributed by atoms with Crippen LogP contribution in [0.15, 0.2) is 24.3 Å². The van der Waals surface area contributed by atoms with Crippen LogP contribution in [0.2, 0.25) is 0 Å². The molecule has 0 fully saturated rings. The van der Waals surface area contributed by atoms with Crippen molar-refractivity contribution in [1.82, 2.24) is 0 Å². The zero-order valence-corrected chi connectivity index (χ0v) is 11.1. The van der Waals surface area contributed by atoms with Crippen LogP contribution in [0.3, 0.4) is 0 Å². The van der Waals surface area contributed by atoms with Gasteiger partial charge in [0.05, 0.1) is 12.7 Å². The highest BCUT2D eigenvalue weighted by Gasteiger charge is 2.18. The maximum Gasteiger partial charge on any atom is 0.333 e. The van der Waals surface area contributed by atoms with Crippen molar-refractivity contribution in [2.75, 3.05) is 13.2 Å². The molecule has 18 heavy (non-hydrogen) atoms. The lowest BCUT2D eigenvalue weighted by molar-refractivity contribution is -0.147. The molecular formula is C13H20O5. The number of aliphatic hydroxyl groups excluding tert-OH is 1. The first-order chi connectivity index (χ1) is 8.25. The van der Waals surface area contributed by atoms with Crippen molar-refractivity contribution in [3.8, 4) is 0 Å². The van der Waals surface area contributed by atoms with E-state index < -0.39 is 18.0 Å². The summed E-state index contributed by atoms with van der Waals surface area (Å²) >= 11 is 0. The average molecular weight is 256 g/mol. The third-order valence-electron chi connectivity index (χ3n) is 2.22. The predicted octanol–water partition coefficient (Wildman–Crippen LogP) is 1.22. The molecule has 2 atom stereocenters. The fraction of sp³-hybridized carbons (Fsp3) is 0.538. The van der Waals surface area contributed by atoms with Crippen LogP contribution >= 0.6 is 0 Å². The van der Waals surface area contributed by atoms with E-state index in [0.29, 0.717) is 5.57 Å². The van der Waals surface area contributed by atoms with Gasteiger partial charge in [-0.25, -0.2) is 9.59 Å². The third kappa shape index (κ3) is 6.20. The molecule has 0 rings (SSSR count). The molecule has 0 aliphatic carbocycles. The normalized spacial score (nSPS) is 13.3. The van der Waals surface area contributed by atoms with Crippen LogP contribution in [-0.4, -0.2) is 36.4 Å². The van der Waals surface area contributed by atoms with Crippen LogP contribution < -0.4 is 0 Å². The van der Waals surface area contributed by atoms with Crippen molar-refractivity contribution < 1.29 is 24.2 Å². The molecule has 0 amide bonds. The van der Waals surface area contributed by atoms with Gasteiger partial charge in [0.15, 0.2) is 0 Å². The molecule has 2 unspecified atom stereocenters. The maximum atomic E-state index is 11.1. The molecule has 0 spiro atoms. The van der Waals surface area contributed by atoms with Crippen molar-refractivity contribution in [1.29, 1.82) is 0 Å². The van der Waals surface area contributed by atoms with E-state index >= 15 is 0 Å². The lowest BCUT2D eigenvalue weighted by atomic mass is 10.1. The second-order valence-electron chi connectivity index (χ2n) is 4.30. The number of carbonyl (C=O) groups excluding carboxylic acids is 2. The Bertz CT molecular complexity index is 311. The Labute approximate surface area is 107 Å².